The fourth-order valence-corrected chi connectivity index (χ4v) is 3.94. The number of nitrogens with one attached hydrogen (secondary N) is 2. The van der Waals surface area contributed by atoms with Crippen molar-refractivity contribution in [2.45, 2.75) is 25.8 Å². The Kier molecular flexibility index (Phi) is 5.30. The Morgan fingerprint density at radius 2 is 2.11 bits per heavy atom. The zero-order chi connectivity index (χ0) is 19.5. The van der Waals surface area contributed by atoms with Crippen molar-refractivity contribution in [1.82, 2.24) is 20.2 Å². The second kappa shape index (κ2) is 8.02. The Bertz CT molecular complexity index is 982. The summed E-state index contributed by atoms with van der Waals surface area (Å²) in [6.45, 7) is 4.29. The molecule has 1 amide bonds. The lowest BCUT2D eigenvalue weighted by Crippen LogP contribution is -2.48. The van der Waals surface area contributed by atoms with Gasteiger partial charge in [-0.05, 0) is 24.6 Å². The molecule has 0 spiro atoms. The van der Waals surface area contributed by atoms with Gasteiger partial charge in [0.25, 0.3) is 0 Å². The number of aromatic amines is 1. The molecule has 2 N–H and O–H groups in total. The standard InChI is InChI=1S/C22H26N4O2/c1-15-6-5-8-17-22(15)25-20(24-17)10-11-21(27)26-13-12-23-14-18(26)16-7-3-4-9-19(16)28-2/h3-9,18,23H,10-14H2,1-2H3,(H,24,25). The van der Waals surface area contributed by atoms with Crippen molar-refractivity contribution < 1.29 is 9.53 Å². The predicted molar refractivity (Wildman–Crippen MR) is 109 cm³/mol. The number of nitrogens with zero attached hydrogens (tertiary/aromatic N) is 2. The van der Waals surface area contributed by atoms with Crippen molar-refractivity contribution >= 4 is 16.9 Å². The molecule has 0 bridgehead atoms. The second-order valence-corrected chi connectivity index (χ2v) is 7.20. The number of rotatable bonds is 5. The number of methoxy groups -OCH3 is 1. The first-order valence-electron chi connectivity index (χ1n) is 9.74. The largest absolute Gasteiger partial charge is 0.496 e. The first-order valence-corrected chi connectivity index (χ1v) is 9.74. The molecule has 1 aliphatic rings. The molecule has 6 heteroatoms. The van der Waals surface area contributed by atoms with Gasteiger partial charge in [0.05, 0.1) is 24.2 Å². The highest BCUT2D eigenvalue weighted by Crippen LogP contribution is 2.30. The lowest BCUT2D eigenvalue weighted by atomic mass is 10.0. The quantitative estimate of drug-likeness (QED) is 0.716. The van der Waals surface area contributed by atoms with Crippen LogP contribution in [0.2, 0.25) is 0 Å². The van der Waals surface area contributed by atoms with Gasteiger partial charge < -0.3 is 19.9 Å². The van der Waals surface area contributed by atoms with E-state index in [2.05, 4.69) is 28.3 Å². The fourth-order valence-electron chi connectivity index (χ4n) is 3.94. The number of aryl methyl sites for hydroxylation is 2. The number of piperazine rings is 1. The van der Waals surface area contributed by atoms with Crippen LogP contribution in [0.5, 0.6) is 5.75 Å². The zero-order valence-corrected chi connectivity index (χ0v) is 16.4. The molecule has 0 radical (unpaired) electrons. The molecule has 146 valence electrons. The Labute approximate surface area is 164 Å². The average Bonchev–Trinajstić information content (AvgIpc) is 3.16. The number of amides is 1. The van der Waals surface area contributed by atoms with Gasteiger partial charge in [0.15, 0.2) is 0 Å². The van der Waals surface area contributed by atoms with Gasteiger partial charge in [0.1, 0.15) is 11.6 Å². The summed E-state index contributed by atoms with van der Waals surface area (Å²) in [5, 5.41) is 3.40. The first kappa shape index (κ1) is 18.5. The number of aromatic nitrogens is 2. The van der Waals surface area contributed by atoms with Crippen LogP contribution in [0, 0.1) is 6.92 Å². The minimum absolute atomic E-state index is 0.0182. The molecule has 0 saturated carbocycles. The Balaban J connectivity index is 1.49. The van der Waals surface area contributed by atoms with Gasteiger partial charge in [-0.25, -0.2) is 4.98 Å². The smallest absolute Gasteiger partial charge is 0.223 e. The molecule has 28 heavy (non-hydrogen) atoms. The maximum absolute atomic E-state index is 13.1. The molecular formula is C22H26N4O2. The van der Waals surface area contributed by atoms with E-state index in [0.717, 1.165) is 46.8 Å². The highest BCUT2D eigenvalue weighted by Gasteiger charge is 2.29. The van der Waals surface area contributed by atoms with Crippen LogP contribution in [-0.2, 0) is 11.2 Å². The minimum Gasteiger partial charge on any atom is -0.496 e. The second-order valence-electron chi connectivity index (χ2n) is 7.20. The van der Waals surface area contributed by atoms with Crippen LogP contribution in [0.15, 0.2) is 42.5 Å². The van der Waals surface area contributed by atoms with Crippen molar-refractivity contribution in [3.05, 3.63) is 59.4 Å². The molecule has 1 saturated heterocycles. The van der Waals surface area contributed by atoms with Gasteiger partial charge in [-0.1, -0.05) is 30.3 Å². The third-order valence-electron chi connectivity index (χ3n) is 5.40. The fraction of sp³-hybridized carbons (Fsp3) is 0.364. The molecule has 4 rings (SSSR count). The van der Waals surface area contributed by atoms with E-state index in [1.54, 1.807) is 7.11 Å². The number of fused-ring (bicyclic) bond motifs is 1. The van der Waals surface area contributed by atoms with Gasteiger partial charge in [-0.2, -0.15) is 0 Å². The van der Waals surface area contributed by atoms with Gasteiger partial charge >= 0.3 is 0 Å². The van der Waals surface area contributed by atoms with Crippen LogP contribution in [0.1, 0.15) is 29.4 Å². The van der Waals surface area contributed by atoms with E-state index < -0.39 is 0 Å². The number of hydrogen-bond donors (Lipinski definition) is 2. The summed E-state index contributed by atoms with van der Waals surface area (Å²) in [5.74, 6) is 1.83. The molecular weight excluding hydrogens is 352 g/mol. The van der Waals surface area contributed by atoms with Crippen LogP contribution < -0.4 is 10.1 Å². The number of carbonyl (C=O) groups excluding carboxylic acids is 1. The topological polar surface area (TPSA) is 70.2 Å². The average molecular weight is 378 g/mol. The van der Waals surface area contributed by atoms with Crippen molar-refractivity contribution in [2.24, 2.45) is 0 Å². The molecule has 2 heterocycles. The van der Waals surface area contributed by atoms with Crippen molar-refractivity contribution in [3.63, 3.8) is 0 Å². The highest BCUT2D eigenvalue weighted by atomic mass is 16.5. The molecule has 1 aliphatic heterocycles. The predicted octanol–water partition coefficient (Wildman–Crippen LogP) is 2.99. The lowest BCUT2D eigenvalue weighted by Gasteiger charge is -2.37. The minimum atomic E-state index is -0.0182. The summed E-state index contributed by atoms with van der Waals surface area (Å²) < 4.78 is 5.52. The summed E-state index contributed by atoms with van der Waals surface area (Å²) >= 11 is 0. The zero-order valence-electron chi connectivity index (χ0n) is 16.4. The SMILES string of the molecule is COc1ccccc1C1CNCCN1C(=O)CCc1nc2c(C)cccc2[nH]1. The Hall–Kier alpha value is -2.86. The Morgan fingerprint density at radius 1 is 1.25 bits per heavy atom. The van der Waals surface area contributed by atoms with Crippen molar-refractivity contribution in [1.29, 1.82) is 0 Å². The van der Waals surface area contributed by atoms with Gasteiger partial charge in [-0.3, -0.25) is 4.79 Å². The number of hydrogen-bond acceptors (Lipinski definition) is 4. The van der Waals surface area contributed by atoms with E-state index in [1.165, 1.54) is 0 Å². The third kappa shape index (κ3) is 3.60. The van der Waals surface area contributed by atoms with Crippen LogP contribution in [-0.4, -0.2) is 47.5 Å². The summed E-state index contributed by atoms with van der Waals surface area (Å²) in [7, 11) is 1.67. The molecule has 1 unspecified atom stereocenters. The molecule has 3 aromatic rings. The number of carbonyl (C=O) groups is 1. The van der Waals surface area contributed by atoms with Crippen molar-refractivity contribution in [3.8, 4) is 5.75 Å². The van der Waals surface area contributed by atoms with Crippen molar-refractivity contribution in [2.75, 3.05) is 26.7 Å². The van der Waals surface area contributed by atoms with E-state index in [4.69, 9.17) is 4.74 Å². The van der Waals surface area contributed by atoms with E-state index >= 15 is 0 Å². The maximum atomic E-state index is 13.1. The van der Waals surface area contributed by atoms with E-state index in [9.17, 15) is 4.79 Å². The van der Waals surface area contributed by atoms with E-state index in [-0.39, 0.29) is 11.9 Å². The molecule has 1 atom stereocenters. The van der Waals surface area contributed by atoms with E-state index in [0.29, 0.717) is 19.4 Å². The number of imidazole rings is 1. The lowest BCUT2D eigenvalue weighted by molar-refractivity contribution is -0.134. The normalized spacial score (nSPS) is 17.1. The molecule has 2 aromatic carbocycles. The summed E-state index contributed by atoms with van der Waals surface area (Å²) in [4.78, 5) is 23.0. The van der Waals surface area contributed by atoms with Crippen LogP contribution >= 0.6 is 0 Å². The van der Waals surface area contributed by atoms with Crippen LogP contribution in [0.25, 0.3) is 11.0 Å². The molecule has 1 fully saturated rings. The number of H-pyrrole nitrogens is 1. The number of para-hydroxylation sites is 2. The third-order valence-corrected chi connectivity index (χ3v) is 5.40. The van der Waals surface area contributed by atoms with Gasteiger partial charge in [0.2, 0.25) is 5.91 Å². The molecule has 0 aliphatic carbocycles. The Morgan fingerprint density at radius 3 is 2.93 bits per heavy atom. The van der Waals surface area contributed by atoms with Gasteiger partial charge in [0, 0.05) is 38.0 Å². The monoisotopic (exact) mass is 378 g/mol. The van der Waals surface area contributed by atoms with Gasteiger partial charge in [-0.15, -0.1) is 0 Å². The molecule has 6 nitrogen and oxygen atoms in total. The first-order chi connectivity index (χ1) is 13.7. The number of benzene rings is 2. The van der Waals surface area contributed by atoms with Crippen LogP contribution in [0.3, 0.4) is 0 Å². The molecule has 1 aromatic heterocycles. The van der Waals surface area contributed by atoms with Crippen LogP contribution in [0.4, 0.5) is 0 Å². The highest BCUT2D eigenvalue weighted by molar-refractivity contribution is 5.79. The summed E-state index contributed by atoms with van der Waals surface area (Å²) in [6.07, 6.45) is 1.04. The summed E-state index contributed by atoms with van der Waals surface area (Å²) in [5.41, 5.74) is 4.20. The number of ether oxygens (including phenoxy) is 1. The maximum Gasteiger partial charge on any atom is 0.223 e. The van der Waals surface area contributed by atoms with E-state index in [1.807, 2.05) is 41.3 Å². The summed E-state index contributed by atoms with van der Waals surface area (Å²) in [6, 6.07) is 14.0.